The molecule has 0 atom stereocenters. The van der Waals surface area contributed by atoms with Gasteiger partial charge in [0, 0.05) is 5.56 Å². The summed E-state index contributed by atoms with van der Waals surface area (Å²) in [7, 11) is 0. The molecule has 3 nitrogen and oxygen atoms in total. The van der Waals surface area contributed by atoms with Gasteiger partial charge in [0.25, 0.3) is 0 Å². The molecule has 1 rings (SSSR count). The molecule has 1 aromatic carbocycles. The quantitative estimate of drug-likeness (QED) is 0.806. The van der Waals surface area contributed by atoms with Gasteiger partial charge in [0.15, 0.2) is 0 Å². The second kappa shape index (κ2) is 4.48. The van der Waals surface area contributed by atoms with Gasteiger partial charge in [-0.25, -0.2) is 4.79 Å². The lowest BCUT2D eigenvalue weighted by Gasteiger charge is -2.14. The molecule has 0 aliphatic heterocycles. The Hall–Kier alpha value is -1.98. The van der Waals surface area contributed by atoms with E-state index in [1.807, 2.05) is 0 Å². The molecule has 0 aliphatic rings. The molecule has 0 saturated heterocycles. The predicted octanol–water partition coefficient (Wildman–Crippen LogP) is 2.84. The summed E-state index contributed by atoms with van der Waals surface area (Å²) in [6.45, 7) is 3.27. The Balaban J connectivity index is 3.50. The molecule has 0 aromatic heterocycles. The molecule has 0 heterocycles. The largest absolute Gasteiger partial charge is 0.507 e. The number of alkyl halides is 3. The predicted molar refractivity (Wildman–Crippen MR) is 54.0 cm³/mol. The average molecular weight is 246 g/mol. The number of carbonyl (C=O) groups is 1. The number of allylic oxidation sites excluding steroid dienone is 1. The lowest BCUT2D eigenvalue weighted by Crippen LogP contribution is -2.11. The zero-order valence-electron chi connectivity index (χ0n) is 8.58. The molecule has 0 radical (unpaired) electrons. The number of hydrogen-bond acceptors (Lipinski definition) is 2. The van der Waals surface area contributed by atoms with Gasteiger partial charge in [-0.05, 0) is 18.6 Å². The smallest absolute Gasteiger partial charge is 0.416 e. The van der Waals surface area contributed by atoms with Gasteiger partial charge in [-0.1, -0.05) is 6.08 Å². The molecule has 0 saturated carbocycles. The maximum absolute atomic E-state index is 12.6. The monoisotopic (exact) mass is 246 g/mol. The van der Waals surface area contributed by atoms with E-state index in [1.165, 1.54) is 0 Å². The summed E-state index contributed by atoms with van der Waals surface area (Å²) in [4.78, 5) is 10.7. The summed E-state index contributed by atoms with van der Waals surface area (Å²) < 4.78 is 37.8. The fourth-order valence-electron chi connectivity index (χ4n) is 1.43. The van der Waals surface area contributed by atoms with Gasteiger partial charge in [0.1, 0.15) is 11.3 Å². The molecule has 6 heteroatoms. The highest BCUT2D eigenvalue weighted by Gasteiger charge is 2.35. The number of carboxylic acids is 1. The van der Waals surface area contributed by atoms with Crippen LogP contribution in [0.2, 0.25) is 0 Å². The van der Waals surface area contributed by atoms with E-state index in [4.69, 9.17) is 5.11 Å². The van der Waals surface area contributed by atoms with Crippen molar-refractivity contribution >= 4 is 5.97 Å². The highest BCUT2D eigenvalue weighted by atomic mass is 19.4. The second-order valence-electron chi connectivity index (χ2n) is 3.28. The number of aromatic carboxylic acids is 1. The van der Waals surface area contributed by atoms with Crippen LogP contribution < -0.4 is 0 Å². The van der Waals surface area contributed by atoms with E-state index in [9.17, 15) is 23.1 Å². The molecule has 0 fully saturated rings. The van der Waals surface area contributed by atoms with E-state index in [0.29, 0.717) is 6.07 Å². The number of phenols is 1. The molecular weight excluding hydrogens is 237 g/mol. The van der Waals surface area contributed by atoms with E-state index in [1.54, 1.807) is 0 Å². The first-order valence-corrected chi connectivity index (χ1v) is 4.55. The fourth-order valence-corrected chi connectivity index (χ4v) is 1.43. The SMILES string of the molecule is C=CCc1c(C(F)(F)F)ccc(C(=O)O)c1O. The average Bonchev–Trinajstić information content (AvgIpc) is 2.18. The van der Waals surface area contributed by atoms with Crippen molar-refractivity contribution in [1.82, 2.24) is 0 Å². The van der Waals surface area contributed by atoms with Gasteiger partial charge in [0.2, 0.25) is 0 Å². The summed E-state index contributed by atoms with van der Waals surface area (Å²) in [5, 5.41) is 18.2. The summed E-state index contributed by atoms with van der Waals surface area (Å²) in [6, 6.07) is 1.37. The normalized spacial score (nSPS) is 11.2. The first kappa shape index (κ1) is 13.1. The summed E-state index contributed by atoms with van der Waals surface area (Å²) >= 11 is 0. The van der Waals surface area contributed by atoms with E-state index < -0.39 is 34.6 Å². The maximum Gasteiger partial charge on any atom is 0.416 e. The first-order chi connectivity index (χ1) is 7.79. The summed E-state index contributed by atoms with van der Waals surface area (Å²) in [5.74, 6) is -2.35. The Labute approximate surface area is 94.8 Å². The van der Waals surface area contributed by atoms with Crippen molar-refractivity contribution in [2.45, 2.75) is 12.6 Å². The van der Waals surface area contributed by atoms with Crippen LogP contribution in [0, 0.1) is 0 Å². The Bertz CT molecular complexity index is 464. The van der Waals surface area contributed by atoms with Crippen molar-refractivity contribution in [3.63, 3.8) is 0 Å². The van der Waals surface area contributed by atoms with Gasteiger partial charge in [0.05, 0.1) is 5.56 Å². The number of aromatic hydroxyl groups is 1. The molecule has 0 aliphatic carbocycles. The molecule has 92 valence electrons. The van der Waals surface area contributed by atoms with Gasteiger partial charge in [-0.3, -0.25) is 0 Å². The third kappa shape index (κ3) is 2.58. The first-order valence-electron chi connectivity index (χ1n) is 4.55. The molecule has 0 spiro atoms. The topological polar surface area (TPSA) is 57.5 Å². The standard InChI is InChI=1S/C11H9F3O3/c1-2-3-6-8(11(12,13)14)5-4-7(9(6)15)10(16)17/h2,4-5,15H,1,3H2,(H,16,17). The van der Waals surface area contributed by atoms with Crippen LogP contribution in [0.4, 0.5) is 13.2 Å². The van der Waals surface area contributed by atoms with Gasteiger partial charge in [-0.2, -0.15) is 13.2 Å². The van der Waals surface area contributed by atoms with Crippen molar-refractivity contribution < 1.29 is 28.2 Å². The number of carboxylic acid groups (broad SMARTS) is 1. The van der Waals surface area contributed by atoms with E-state index in [0.717, 1.165) is 12.1 Å². The summed E-state index contributed by atoms with van der Waals surface area (Å²) in [6.07, 6.45) is -3.75. The van der Waals surface area contributed by atoms with Crippen LogP contribution in [0.25, 0.3) is 0 Å². The van der Waals surface area contributed by atoms with Gasteiger partial charge in [-0.15, -0.1) is 6.58 Å². The summed E-state index contributed by atoms with van der Waals surface area (Å²) in [5.41, 5.74) is -2.10. The highest BCUT2D eigenvalue weighted by Crippen LogP contribution is 2.37. The maximum atomic E-state index is 12.6. The van der Waals surface area contributed by atoms with Crippen molar-refractivity contribution in [1.29, 1.82) is 0 Å². The van der Waals surface area contributed by atoms with Crippen LogP contribution in [0.1, 0.15) is 21.5 Å². The Kier molecular flexibility index (Phi) is 3.45. The Morgan fingerprint density at radius 3 is 2.41 bits per heavy atom. The van der Waals surface area contributed by atoms with Crippen LogP contribution in [0.3, 0.4) is 0 Å². The zero-order valence-corrected chi connectivity index (χ0v) is 8.58. The van der Waals surface area contributed by atoms with Crippen LogP contribution in [-0.4, -0.2) is 16.2 Å². The minimum atomic E-state index is -4.65. The minimum Gasteiger partial charge on any atom is -0.507 e. The lowest BCUT2D eigenvalue weighted by molar-refractivity contribution is -0.138. The van der Waals surface area contributed by atoms with Crippen molar-refractivity contribution in [3.05, 3.63) is 41.5 Å². The lowest BCUT2D eigenvalue weighted by atomic mass is 9.99. The third-order valence-electron chi connectivity index (χ3n) is 2.17. The van der Waals surface area contributed by atoms with E-state index >= 15 is 0 Å². The van der Waals surface area contributed by atoms with Crippen molar-refractivity contribution in [2.24, 2.45) is 0 Å². The molecule has 0 bridgehead atoms. The van der Waals surface area contributed by atoms with Gasteiger partial charge < -0.3 is 10.2 Å². The van der Waals surface area contributed by atoms with Crippen LogP contribution >= 0.6 is 0 Å². The molecule has 2 N–H and O–H groups in total. The van der Waals surface area contributed by atoms with Crippen molar-refractivity contribution in [2.75, 3.05) is 0 Å². The molecular formula is C11H9F3O3. The van der Waals surface area contributed by atoms with E-state index in [2.05, 4.69) is 6.58 Å². The Morgan fingerprint density at radius 1 is 1.41 bits per heavy atom. The highest BCUT2D eigenvalue weighted by molar-refractivity contribution is 5.91. The van der Waals surface area contributed by atoms with Crippen LogP contribution in [0.5, 0.6) is 5.75 Å². The minimum absolute atomic E-state index is 0.262. The van der Waals surface area contributed by atoms with Crippen LogP contribution in [-0.2, 0) is 12.6 Å². The van der Waals surface area contributed by atoms with Crippen molar-refractivity contribution in [3.8, 4) is 5.75 Å². The van der Waals surface area contributed by atoms with E-state index in [-0.39, 0.29) is 6.42 Å². The molecule has 0 unspecified atom stereocenters. The van der Waals surface area contributed by atoms with Crippen LogP contribution in [0.15, 0.2) is 24.8 Å². The number of halogens is 3. The second-order valence-corrected chi connectivity index (χ2v) is 3.28. The Morgan fingerprint density at radius 2 is 2.00 bits per heavy atom. The molecule has 1 aromatic rings. The fraction of sp³-hybridized carbons (Fsp3) is 0.182. The molecule has 17 heavy (non-hydrogen) atoms. The molecule has 0 amide bonds. The third-order valence-corrected chi connectivity index (χ3v) is 2.17. The van der Waals surface area contributed by atoms with Gasteiger partial charge >= 0.3 is 12.1 Å². The zero-order chi connectivity index (χ0) is 13.2. The number of benzene rings is 1. The number of hydrogen-bond donors (Lipinski definition) is 2. The number of rotatable bonds is 3.